The maximum Gasteiger partial charge on any atom is 0.310 e. The minimum atomic E-state index is -0.857. The Bertz CT molecular complexity index is 513. The molecule has 0 saturated heterocycles. The lowest BCUT2D eigenvalue weighted by Gasteiger charge is -2.12. The van der Waals surface area contributed by atoms with Gasteiger partial charge in [0.25, 0.3) is 5.69 Å². The molecule has 0 aliphatic rings. The highest BCUT2D eigenvalue weighted by molar-refractivity contribution is 5.76. The van der Waals surface area contributed by atoms with Gasteiger partial charge in [-0.3, -0.25) is 14.9 Å². The van der Waals surface area contributed by atoms with Crippen molar-refractivity contribution >= 4 is 11.7 Å². The molecule has 0 saturated carbocycles. The molecule has 1 atom stereocenters. The van der Waals surface area contributed by atoms with E-state index in [2.05, 4.69) is 6.92 Å². The zero-order valence-corrected chi connectivity index (χ0v) is 15.3. The van der Waals surface area contributed by atoms with Crippen LogP contribution < -0.4 is 0 Å². The first-order valence-corrected chi connectivity index (χ1v) is 9.53. The molecule has 0 aliphatic carbocycles. The Morgan fingerprint density at radius 1 is 0.960 bits per heavy atom. The average Bonchev–Trinajstić information content (AvgIpc) is 2.59. The zero-order valence-electron chi connectivity index (χ0n) is 15.3. The van der Waals surface area contributed by atoms with Crippen LogP contribution in [0.3, 0.4) is 0 Å². The molecule has 140 valence electrons. The van der Waals surface area contributed by atoms with E-state index in [1.54, 1.807) is 12.1 Å². The van der Waals surface area contributed by atoms with Crippen molar-refractivity contribution in [1.82, 2.24) is 0 Å². The molecule has 0 fully saturated rings. The summed E-state index contributed by atoms with van der Waals surface area (Å²) in [4.78, 5) is 21.7. The first kappa shape index (κ1) is 21.1. The number of unbranched alkanes of at least 4 members (excludes halogenated alkanes) is 9. The molecular weight excluding hydrogens is 318 g/mol. The SMILES string of the molecule is CCCCCCCCCCCC[C@@H](C(=O)O)c1ccc([N+](=O)[O-])cc1. The fourth-order valence-electron chi connectivity index (χ4n) is 3.10. The van der Waals surface area contributed by atoms with Crippen LogP contribution in [0.15, 0.2) is 24.3 Å². The molecule has 1 aromatic carbocycles. The topological polar surface area (TPSA) is 80.4 Å². The van der Waals surface area contributed by atoms with Crippen molar-refractivity contribution in [2.24, 2.45) is 0 Å². The quantitative estimate of drug-likeness (QED) is 0.251. The summed E-state index contributed by atoms with van der Waals surface area (Å²) in [5.41, 5.74) is 0.640. The van der Waals surface area contributed by atoms with E-state index in [4.69, 9.17) is 0 Å². The van der Waals surface area contributed by atoms with E-state index < -0.39 is 16.8 Å². The standard InChI is InChI=1S/C20H31NO4/c1-2-3-4-5-6-7-8-9-10-11-12-19(20(22)23)17-13-15-18(16-14-17)21(24)25/h13-16,19H,2-12H2,1H3,(H,22,23)/t19-/m1/s1. The molecule has 0 spiro atoms. The number of nitro benzene ring substituents is 1. The smallest absolute Gasteiger partial charge is 0.310 e. The first-order valence-electron chi connectivity index (χ1n) is 9.53. The molecule has 0 amide bonds. The van der Waals surface area contributed by atoms with Crippen LogP contribution in [0.1, 0.15) is 89.0 Å². The zero-order chi connectivity index (χ0) is 18.5. The average molecular weight is 349 g/mol. The van der Waals surface area contributed by atoms with E-state index in [-0.39, 0.29) is 5.69 Å². The number of rotatable bonds is 14. The number of aliphatic carboxylic acids is 1. The summed E-state index contributed by atoms with van der Waals surface area (Å²) in [6.07, 6.45) is 12.7. The van der Waals surface area contributed by atoms with Gasteiger partial charge in [0.05, 0.1) is 10.8 Å². The van der Waals surface area contributed by atoms with Gasteiger partial charge in [0.15, 0.2) is 0 Å². The Kier molecular flexibility index (Phi) is 10.5. The first-order chi connectivity index (χ1) is 12.1. The number of nitro groups is 1. The van der Waals surface area contributed by atoms with Crippen LogP contribution >= 0.6 is 0 Å². The third-order valence-electron chi connectivity index (χ3n) is 4.65. The summed E-state index contributed by atoms with van der Waals surface area (Å²) in [7, 11) is 0. The van der Waals surface area contributed by atoms with Crippen molar-refractivity contribution in [2.45, 2.75) is 83.5 Å². The minimum absolute atomic E-state index is 0.00757. The van der Waals surface area contributed by atoms with Gasteiger partial charge in [0, 0.05) is 12.1 Å². The normalized spacial score (nSPS) is 12.0. The lowest BCUT2D eigenvalue weighted by Crippen LogP contribution is -2.11. The van der Waals surface area contributed by atoms with Gasteiger partial charge in [-0.2, -0.15) is 0 Å². The summed E-state index contributed by atoms with van der Waals surface area (Å²) in [6, 6.07) is 5.88. The molecule has 0 unspecified atom stereocenters. The van der Waals surface area contributed by atoms with Crippen molar-refractivity contribution in [3.8, 4) is 0 Å². The largest absolute Gasteiger partial charge is 0.481 e. The van der Waals surface area contributed by atoms with Gasteiger partial charge in [0.1, 0.15) is 0 Å². The number of benzene rings is 1. The van der Waals surface area contributed by atoms with Crippen molar-refractivity contribution < 1.29 is 14.8 Å². The van der Waals surface area contributed by atoms with Gasteiger partial charge < -0.3 is 5.11 Å². The van der Waals surface area contributed by atoms with Crippen LogP contribution in [0.4, 0.5) is 5.69 Å². The monoisotopic (exact) mass is 349 g/mol. The number of hydrogen-bond donors (Lipinski definition) is 1. The van der Waals surface area contributed by atoms with Crippen LogP contribution in [0.5, 0.6) is 0 Å². The third kappa shape index (κ3) is 8.66. The van der Waals surface area contributed by atoms with E-state index in [0.717, 1.165) is 19.3 Å². The van der Waals surface area contributed by atoms with Gasteiger partial charge in [-0.1, -0.05) is 83.3 Å². The van der Waals surface area contributed by atoms with E-state index in [1.807, 2.05) is 0 Å². The second-order valence-corrected chi connectivity index (χ2v) is 6.71. The highest BCUT2D eigenvalue weighted by Crippen LogP contribution is 2.25. The maximum absolute atomic E-state index is 11.5. The van der Waals surface area contributed by atoms with E-state index in [1.165, 1.54) is 57.1 Å². The van der Waals surface area contributed by atoms with Crippen LogP contribution in [0, 0.1) is 10.1 Å². The maximum atomic E-state index is 11.5. The molecule has 0 radical (unpaired) electrons. The number of carbonyl (C=O) groups is 1. The summed E-state index contributed by atoms with van der Waals surface area (Å²) >= 11 is 0. The molecule has 5 nitrogen and oxygen atoms in total. The highest BCUT2D eigenvalue weighted by atomic mass is 16.6. The summed E-state index contributed by atoms with van der Waals surface area (Å²) in [5.74, 6) is -1.43. The third-order valence-corrected chi connectivity index (χ3v) is 4.65. The molecule has 0 heterocycles. The molecule has 0 aliphatic heterocycles. The summed E-state index contributed by atoms with van der Waals surface area (Å²) in [6.45, 7) is 2.22. The molecule has 0 aromatic heterocycles. The second-order valence-electron chi connectivity index (χ2n) is 6.71. The molecule has 1 rings (SSSR count). The lowest BCUT2D eigenvalue weighted by atomic mass is 9.93. The second kappa shape index (κ2) is 12.5. The predicted molar refractivity (Wildman–Crippen MR) is 99.9 cm³/mol. The number of hydrogen-bond acceptors (Lipinski definition) is 3. The van der Waals surface area contributed by atoms with Crippen molar-refractivity contribution in [2.75, 3.05) is 0 Å². The molecule has 1 aromatic rings. The van der Waals surface area contributed by atoms with Gasteiger partial charge in [0.2, 0.25) is 0 Å². The Morgan fingerprint density at radius 3 is 1.88 bits per heavy atom. The van der Waals surface area contributed by atoms with E-state index in [9.17, 15) is 20.0 Å². The van der Waals surface area contributed by atoms with Crippen LogP contribution in [-0.4, -0.2) is 16.0 Å². The van der Waals surface area contributed by atoms with Crippen molar-refractivity contribution in [3.05, 3.63) is 39.9 Å². The summed E-state index contributed by atoms with van der Waals surface area (Å²) in [5, 5.41) is 20.1. The van der Waals surface area contributed by atoms with E-state index in [0.29, 0.717) is 12.0 Å². The summed E-state index contributed by atoms with van der Waals surface area (Å²) < 4.78 is 0. The molecule has 25 heavy (non-hydrogen) atoms. The Hall–Kier alpha value is -1.91. The van der Waals surface area contributed by atoms with Crippen LogP contribution in [0.25, 0.3) is 0 Å². The fraction of sp³-hybridized carbons (Fsp3) is 0.650. The fourth-order valence-corrected chi connectivity index (χ4v) is 3.10. The number of carboxylic acids is 1. The highest BCUT2D eigenvalue weighted by Gasteiger charge is 2.20. The molecule has 1 N–H and O–H groups in total. The molecular formula is C20H31NO4. The van der Waals surface area contributed by atoms with Crippen LogP contribution in [-0.2, 0) is 4.79 Å². The van der Waals surface area contributed by atoms with Gasteiger partial charge in [-0.05, 0) is 12.0 Å². The van der Waals surface area contributed by atoms with Crippen LogP contribution in [0.2, 0.25) is 0 Å². The van der Waals surface area contributed by atoms with Gasteiger partial charge >= 0.3 is 5.97 Å². The molecule has 0 bridgehead atoms. The Morgan fingerprint density at radius 2 is 1.44 bits per heavy atom. The Balaban J connectivity index is 2.25. The van der Waals surface area contributed by atoms with Gasteiger partial charge in [-0.25, -0.2) is 0 Å². The predicted octanol–water partition coefficient (Wildman–Crippen LogP) is 6.07. The minimum Gasteiger partial charge on any atom is -0.481 e. The van der Waals surface area contributed by atoms with Gasteiger partial charge in [-0.15, -0.1) is 0 Å². The van der Waals surface area contributed by atoms with Crippen molar-refractivity contribution in [1.29, 1.82) is 0 Å². The Labute approximate surface area is 150 Å². The number of non-ortho nitro benzene ring substituents is 1. The number of carboxylic acid groups (broad SMARTS) is 1. The molecule has 5 heteroatoms. The van der Waals surface area contributed by atoms with Crippen molar-refractivity contribution in [3.63, 3.8) is 0 Å². The lowest BCUT2D eigenvalue weighted by molar-refractivity contribution is -0.384. The van der Waals surface area contributed by atoms with E-state index >= 15 is 0 Å². The number of nitrogens with zero attached hydrogens (tertiary/aromatic N) is 1.